The summed E-state index contributed by atoms with van der Waals surface area (Å²) in [6.07, 6.45) is 0. The Kier molecular flexibility index (Phi) is 6.85. The highest BCUT2D eigenvalue weighted by molar-refractivity contribution is 6.33. The highest BCUT2D eigenvalue weighted by Crippen LogP contribution is 2.17. The molecule has 2 amide bonds. The Morgan fingerprint density at radius 2 is 1.59 bits per heavy atom. The predicted octanol–water partition coefficient (Wildman–Crippen LogP) is 2.13. The summed E-state index contributed by atoms with van der Waals surface area (Å²) >= 11 is 5.98. The number of hydrogen-bond donors (Lipinski definition) is 2. The van der Waals surface area contributed by atoms with E-state index in [-0.39, 0.29) is 18.2 Å². The number of hydrogen-bond acceptors (Lipinski definition) is 5. The van der Waals surface area contributed by atoms with E-state index in [2.05, 4.69) is 15.8 Å². The van der Waals surface area contributed by atoms with Crippen LogP contribution in [-0.2, 0) is 4.79 Å². The maximum absolute atomic E-state index is 12.1. The molecule has 2 aromatic rings. The summed E-state index contributed by atoms with van der Waals surface area (Å²) < 4.78 is 0. The number of Topliss-reactive ketones (excluding diaryl/α,β-unsaturated/α-hetero) is 1. The third-order valence-corrected chi connectivity index (χ3v) is 5.14. The third kappa shape index (κ3) is 5.56. The molecule has 7 nitrogen and oxygen atoms in total. The number of carbonyl (C=O) groups excluding carboxylic acids is 3. The molecular formula is C21H23ClN4O3. The van der Waals surface area contributed by atoms with E-state index in [4.69, 9.17) is 11.6 Å². The van der Waals surface area contributed by atoms with Gasteiger partial charge in [0.15, 0.2) is 5.78 Å². The number of halogens is 1. The van der Waals surface area contributed by atoms with E-state index >= 15 is 0 Å². The number of benzene rings is 2. The van der Waals surface area contributed by atoms with Crippen molar-refractivity contribution in [2.75, 3.05) is 37.6 Å². The highest BCUT2D eigenvalue weighted by Gasteiger charge is 2.20. The lowest BCUT2D eigenvalue weighted by atomic mass is 10.1. The normalized spacial score (nSPS) is 14.3. The van der Waals surface area contributed by atoms with Gasteiger partial charge in [-0.15, -0.1) is 0 Å². The van der Waals surface area contributed by atoms with Crippen molar-refractivity contribution in [3.05, 3.63) is 64.7 Å². The minimum absolute atomic E-state index is 0.0500. The van der Waals surface area contributed by atoms with Crippen molar-refractivity contribution in [3.8, 4) is 0 Å². The molecule has 0 spiro atoms. The molecule has 152 valence electrons. The maximum Gasteiger partial charge on any atom is 0.271 e. The first-order chi connectivity index (χ1) is 13.9. The summed E-state index contributed by atoms with van der Waals surface area (Å²) in [7, 11) is 0. The number of carbonyl (C=O) groups is 3. The van der Waals surface area contributed by atoms with Crippen LogP contribution in [-0.4, -0.2) is 55.2 Å². The number of piperazine rings is 1. The van der Waals surface area contributed by atoms with Crippen LogP contribution in [0.25, 0.3) is 0 Å². The Balaban J connectivity index is 1.43. The Morgan fingerprint density at radius 1 is 0.931 bits per heavy atom. The number of anilines is 1. The van der Waals surface area contributed by atoms with Gasteiger partial charge in [-0.25, -0.2) is 0 Å². The molecule has 0 saturated carbocycles. The Morgan fingerprint density at radius 3 is 2.21 bits per heavy atom. The van der Waals surface area contributed by atoms with Crippen LogP contribution in [0.15, 0.2) is 48.5 Å². The van der Waals surface area contributed by atoms with Gasteiger partial charge in [0.25, 0.3) is 11.8 Å². The number of nitrogens with zero attached hydrogens (tertiary/aromatic N) is 2. The summed E-state index contributed by atoms with van der Waals surface area (Å²) in [5.41, 5.74) is 6.88. The largest absolute Gasteiger partial charge is 0.369 e. The molecule has 3 rings (SSSR count). The zero-order chi connectivity index (χ0) is 20.8. The van der Waals surface area contributed by atoms with Gasteiger partial charge in [0.05, 0.1) is 17.1 Å². The molecule has 2 aromatic carbocycles. The van der Waals surface area contributed by atoms with Gasteiger partial charge in [-0.05, 0) is 43.3 Å². The van der Waals surface area contributed by atoms with Crippen molar-refractivity contribution in [1.29, 1.82) is 0 Å². The first-order valence-corrected chi connectivity index (χ1v) is 9.74. The molecule has 1 saturated heterocycles. The lowest BCUT2D eigenvalue weighted by Gasteiger charge is -2.35. The predicted molar refractivity (Wildman–Crippen MR) is 112 cm³/mol. The topological polar surface area (TPSA) is 81.8 Å². The standard InChI is InChI=1S/C21H23ClN4O3/c1-15(27)16-6-8-17(9-7-16)26-12-10-25(11-13-26)14-20(28)23-24-21(29)18-4-2-3-5-19(18)22/h2-9H,10-14H2,1H3,(H,23,28)(H,24,29). The van der Waals surface area contributed by atoms with Crippen molar-refractivity contribution >= 4 is 34.9 Å². The first-order valence-electron chi connectivity index (χ1n) is 9.36. The maximum atomic E-state index is 12.1. The van der Waals surface area contributed by atoms with Crippen LogP contribution in [0.1, 0.15) is 27.6 Å². The third-order valence-electron chi connectivity index (χ3n) is 4.81. The fourth-order valence-electron chi connectivity index (χ4n) is 3.15. The average molecular weight is 415 g/mol. The van der Waals surface area contributed by atoms with Gasteiger partial charge < -0.3 is 4.90 Å². The van der Waals surface area contributed by atoms with Crippen LogP contribution < -0.4 is 15.8 Å². The SMILES string of the molecule is CC(=O)c1ccc(N2CCN(CC(=O)NNC(=O)c3ccccc3Cl)CC2)cc1. The van der Waals surface area contributed by atoms with Crippen LogP contribution in [0.3, 0.4) is 0 Å². The molecule has 0 radical (unpaired) electrons. The molecule has 0 unspecified atom stereocenters. The zero-order valence-electron chi connectivity index (χ0n) is 16.2. The quantitative estimate of drug-likeness (QED) is 0.578. The number of amides is 2. The molecular weight excluding hydrogens is 392 g/mol. The van der Waals surface area contributed by atoms with Crippen LogP contribution in [0, 0.1) is 0 Å². The summed E-state index contributed by atoms with van der Waals surface area (Å²) in [6.45, 7) is 4.74. The van der Waals surface area contributed by atoms with E-state index in [0.717, 1.165) is 31.9 Å². The number of rotatable bonds is 5. The fraction of sp³-hybridized carbons (Fsp3) is 0.286. The van der Waals surface area contributed by atoms with Crippen molar-refractivity contribution in [2.45, 2.75) is 6.92 Å². The van der Waals surface area contributed by atoms with Crippen molar-refractivity contribution in [2.24, 2.45) is 0 Å². The van der Waals surface area contributed by atoms with E-state index in [1.807, 2.05) is 29.2 Å². The summed E-state index contributed by atoms with van der Waals surface area (Å²) in [6, 6.07) is 14.2. The molecule has 8 heteroatoms. The lowest BCUT2D eigenvalue weighted by Crippen LogP contribution is -2.52. The fourth-order valence-corrected chi connectivity index (χ4v) is 3.37. The van der Waals surface area contributed by atoms with E-state index < -0.39 is 5.91 Å². The molecule has 0 atom stereocenters. The number of hydrazine groups is 1. The van der Waals surface area contributed by atoms with Crippen LogP contribution >= 0.6 is 11.6 Å². The van der Waals surface area contributed by atoms with Gasteiger partial charge in [0.1, 0.15) is 0 Å². The smallest absolute Gasteiger partial charge is 0.271 e. The number of ketones is 1. The number of nitrogens with one attached hydrogen (secondary N) is 2. The second kappa shape index (κ2) is 9.54. The van der Waals surface area contributed by atoms with Gasteiger partial charge in [-0.2, -0.15) is 0 Å². The molecule has 0 aliphatic carbocycles. The Bertz CT molecular complexity index is 893. The average Bonchev–Trinajstić information content (AvgIpc) is 2.73. The van der Waals surface area contributed by atoms with Gasteiger partial charge >= 0.3 is 0 Å². The van der Waals surface area contributed by atoms with E-state index in [0.29, 0.717) is 16.1 Å². The second-order valence-electron chi connectivity index (χ2n) is 6.85. The van der Waals surface area contributed by atoms with Gasteiger partial charge in [-0.1, -0.05) is 23.7 Å². The summed E-state index contributed by atoms with van der Waals surface area (Å²) in [5, 5.41) is 0.326. The highest BCUT2D eigenvalue weighted by atomic mass is 35.5. The second-order valence-corrected chi connectivity index (χ2v) is 7.26. The molecule has 29 heavy (non-hydrogen) atoms. The van der Waals surface area contributed by atoms with Crippen LogP contribution in [0.4, 0.5) is 5.69 Å². The molecule has 1 aliphatic heterocycles. The molecule has 0 aromatic heterocycles. The van der Waals surface area contributed by atoms with Gasteiger partial charge in [0, 0.05) is 37.4 Å². The van der Waals surface area contributed by atoms with Crippen molar-refractivity contribution in [1.82, 2.24) is 15.8 Å². The molecule has 1 heterocycles. The zero-order valence-corrected chi connectivity index (χ0v) is 16.9. The van der Waals surface area contributed by atoms with Gasteiger partial charge in [0.2, 0.25) is 0 Å². The van der Waals surface area contributed by atoms with Crippen LogP contribution in [0.5, 0.6) is 0 Å². The van der Waals surface area contributed by atoms with E-state index in [9.17, 15) is 14.4 Å². The van der Waals surface area contributed by atoms with Gasteiger partial charge in [-0.3, -0.25) is 30.1 Å². The Hall–Kier alpha value is -2.90. The molecule has 2 N–H and O–H groups in total. The molecule has 1 aliphatic rings. The van der Waals surface area contributed by atoms with Crippen LogP contribution in [0.2, 0.25) is 5.02 Å². The van der Waals surface area contributed by atoms with Crippen molar-refractivity contribution < 1.29 is 14.4 Å². The first kappa shape index (κ1) is 20.8. The summed E-state index contributed by atoms with van der Waals surface area (Å²) in [5.74, 6) is -0.693. The Labute approximate surface area is 174 Å². The minimum atomic E-state index is -0.456. The monoisotopic (exact) mass is 414 g/mol. The minimum Gasteiger partial charge on any atom is -0.369 e. The molecule has 1 fully saturated rings. The molecule has 0 bridgehead atoms. The van der Waals surface area contributed by atoms with E-state index in [1.165, 1.54) is 0 Å². The van der Waals surface area contributed by atoms with E-state index in [1.54, 1.807) is 31.2 Å². The lowest BCUT2D eigenvalue weighted by molar-refractivity contribution is -0.123. The summed E-state index contributed by atoms with van der Waals surface area (Å²) in [4.78, 5) is 39.8. The van der Waals surface area contributed by atoms with Crippen molar-refractivity contribution in [3.63, 3.8) is 0 Å².